The molecular formula is C23H22N2O3. The van der Waals surface area contributed by atoms with Crippen LogP contribution in [0.25, 0.3) is 21.9 Å². The number of ether oxygens (including phenoxy) is 1. The molecular weight excluding hydrogens is 352 g/mol. The number of nitrogens with one attached hydrogen (secondary N) is 2. The van der Waals surface area contributed by atoms with E-state index in [1.54, 1.807) is 7.11 Å². The summed E-state index contributed by atoms with van der Waals surface area (Å²) in [6, 6.07) is 21.6. The zero-order valence-corrected chi connectivity index (χ0v) is 15.9. The Bertz CT molecular complexity index is 1120. The van der Waals surface area contributed by atoms with E-state index < -0.39 is 0 Å². The van der Waals surface area contributed by atoms with Crippen LogP contribution < -0.4 is 15.4 Å². The van der Waals surface area contributed by atoms with Crippen molar-refractivity contribution in [1.29, 1.82) is 0 Å². The minimum absolute atomic E-state index is 0.0756. The fourth-order valence-corrected chi connectivity index (χ4v) is 3.32. The Labute approximate surface area is 163 Å². The quantitative estimate of drug-likeness (QED) is 0.505. The van der Waals surface area contributed by atoms with Crippen LogP contribution in [0.4, 0.5) is 5.69 Å². The Balaban J connectivity index is 1.52. The molecule has 1 amide bonds. The standard InChI is InChI=1S/C23H22N2O3/c1-15(16-8-4-3-5-9-16)24-14-23(26)25-19-13-21-18(12-22(19)27-2)17-10-6-7-11-20(17)28-21/h3-13,15,24H,14H2,1-2H3,(H,25,26)/t15-/m1/s1. The van der Waals surface area contributed by atoms with E-state index in [-0.39, 0.29) is 18.5 Å². The van der Waals surface area contributed by atoms with Crippen molar-refractivity contribution in [2.75, 3.05) is 19.0 Å². The van der Waals surface area contributed by atoms with E-state index in [1.165, 1.54) is 0 Å². The van der Waals surface area contributed by atoms with Crippen LogP contribution in [0.3, 0.4) is 0 Å². The average Bonchev–Trinajstić information content (AvgIpc) is 3.09. The van der Waals surface area contributed by atoms with Crippen LogP contribution in [0.15, 0.2) is 71.1 Å². The van der Waals surface area contributed by atoms with Gasteiger partial charge in [-0.25, -0.2) is 0 Å². The maximum absolute atomic E-state index is 12.5. The molecule has 1 atom stereocenters. The number of hydrogen-bond acceptors (Lipinski definition) is 4. The van der Waals surface area contributed by atoms with Crippen LogP contribution in [0.2, 0.25) is 0 Å². The van der Waals surface area contributed by atoms with Crippen LogP contribution in [0.5, 0.6) is 5.75 Å². The summed E-state index contributed by atoms with van der Waals surface area (Å²) >= 11 is 0. The summed E-state index contributed by atoms with van der Waals surface area (Å²) in [7, 11) is 1.59. The Morgan fingerprint density at radius 3 is 2.54 bits per heavy atom. The SMILES string of the molecule is COc1cc2c(cc1NC(=O)CN[C@H](C)c1ccccc1)oc1ccccc12. The van der Waals surface area contributed by atoms with Gasteiger partial charge in [-0.1, -0.05) is 48.5 Å². The Hall–Kier alpha value is -3.31. The first-order valence-electron chi connectivity index (χ1n) is 9.23. The zero-order valence-electron chi connectivity index (χ0n) is 15.9. The highest BCUT2D eigenvalue weighted by Gasteiger charge is 2.14. The van der Waals surface area contributed by atoms with Gasteiger partial charge in [-0.3, -0.25) is 4.79 Å². The van der Waals surface area contributed by atoms with Gasteiger partial charge in [0, 0.05) is 22.9 Å². The van der Waals surface area contributed by atoms with Gasteiger partial charge in [0.25, 0.3) is 0 Å². The lowest BCUT2D eigenvalue weighted by molar-refractivity contribution is -0.115. The lowest BCUT2D eigenvalue weighted by atomic mass is 10.1. The summed E-state index contributed by atoms with van der Waals surface area (Å²) in [5.74, 6) is 0.458. The van der Waals surface area contributed by atoms with Gasteiger partial charge in [0.05, 0.1) is 19.3 Å². The predicted molar refractivity (Wildman–Crippen MR) is 112 cm³/mol. The summed E-state index contributed by atoms with van der Waals surface area (Å²) in [6.07, 6.45) is 0. The Kier molecular flexibility index (Phi) is 5.00. The summed E-state index contributed by atoms with van der Waals surface area (Å²) in [5.41, 5.74) is 3.24. The molecule has 2 N–H and O–H groups in total. The fourth-order valence-electron chi connectivity index (χ4n) is 3.32. The summed E-state index contributed by atoms with van der Waals surface area (Å²) in [5, 5.41) is 8.14. The molecule has 0 aliphatic carbocycles. The highest BCUT2D eigenvalue weighted by Crippen LogP contribution is 2.36. The molecule has 0 fully saturated rings. The van der Waals surface area contributed by atoms with Crippen molar-refractivity contribution < 1.29 is 13.9 Å². The first-order chi connectivity index (χ1) is 13.7. The molecule has 0 unspecified atom stereocenters. The second-order valence-electron chi connectivity index (χ2n) is 6.71. The molecule has 0 spiro atoms. The first-order valence-corrected chi connectivity index (χ1v) is 9.23. The molecule has 5 nitrogen and oxygen atoms in total. The third kappa shape index (κ3) is 3.57. The number of carbonyl (C=O) groups excluding carboxylic acids is 1. The zero-order chi connectivity index (χ0) is 19.5. The van der Waals surface area contributed by atoms with Gasteiger partial charge in [0.2, 0.25) is 5.91 Å². The van der Waals surface area contributed by atoms with Crippen molar-refractivity contribution in [1.82, 2.24) is 5.32 Å². The molecule has 0 saturated heterocycles. The first kappa shape index (κ1) is 18.1. The molecule has 1 aromatic heterocycles. The number of hydrogen-bond donors (Lipinski definition) is 2. The lowest BCUT2D eigenvalue weighted by Crippen LogP contribution is -2.30. The summed E-state index contributed by atoms with van der Waals surface area (Å²) < 4.78 is 11.4. The lowest BCUT2D eigenvalue weighted by Gasteiger charge is -2.15. The number of methoxy groups -OCH3 is 1. The van der Waals surface area contributed by atoms with Gasteiger partial charge in [-0.05, 0) is 24.6 Å². The number of para-hydroxylation sites is 1. The molecule has 28 heavy (non-hydrogen) atoms. The number of rotatable bonds is 6. The van der Waals surface area contributed by atoms with Crippen molar-refractivity contribution in [2.45, 2.75) is 13.0 Å². The number of furan rings is 1. The van der Waals surface area contributed by atoms with Gasteiger partial charge >= 0.3 is 0 Å². The molecule has 1 heterocycles. The van der Waals surface area contributed by atoms with Crippen molar-refractivity contribution in [3.8, 4) is 5.75 Å². The van der Waals surface area contributed by atoms with Crippen LogP contribution in [-0.2, 0) is 4.79 Å². The van der Waals surface area contributed by atoms with E-state index >= 15 is 0 Å². The number of fused-ring (bicyclic) bond motifs is 3. The summed E-state index contributed by atoms with van der Waals surface area (Å²) in [6.45, 7) is 2.22. The highest BCUT2D eigenvalue weighted by atomic mass is 16.5. The molecule has 0 bridgehead atoms. The van der Waals surface area contributed by atoms with Crippen molar-refractivity contribution in [3.63, 3.8) is 0 Å². The van der Waals surface area contributed by atoms with E-state index in [9.17, 15) is 4.79 Å². The number of anilines is 1. The Morgan fingerprint density at radius 2 is 1.75 bits per heavy atom. The van der Waals surface area contributed by atoms with E-state index in [1.807, 2.05) is 73.7 Å². The largest absolute Gasteiger partial charge is 0.495 e. The van der Waals surface area contributed by atoms with Crippen molar-refractivity contribution in [2.24, 2.45) is 0 Å². The van der Waals surface area contributed by atoms with Gasteiger partial charge in [-0.2, -0.15) is 0 Å². The van der Waals surface area contributed by atoms with Gasteiger partial charge in [0.15, 0.2) is 0 Å². The topological polar surface area (TPSA) is 63.5 Å². The minimum atomic E-state index is -0.142. The van der Waals surface area contributed by atoms with Gasteiger partial charge < -0.3 is 19.8 Å². The monoisotopic (exact) mass is 374 g/mol. The molecule has 4 rings (SSSR count). The third-order valence-electron chi connectivity index (χ3n) is 4.84. The smallest absolute Gasteiger partial charge is 0.238 e. The van der Waals surface area contributed by atoms with Crippen molar-refractivity contribution in [3.05, 3.63) is 72.3 Å². The minimum Gasteiger partial charge on any atom is -0.495 e. The van der Waals surface area contributed by atoms with Crippen LogP contribution >= 0.6 is 0 Å². The fraction of sp³-hybridized carbons (Fsp3) is 0.174. The highest BCUT2D eigenvalue weighted by molar-refractivity contribution is 6.07. The van der Waals surface area contributed by atoms with Crippen LogP contribution in [-0.4, -0.2) is 19.6 Å². The molecule has 0 saturated carbocycles. The average molecular weight is 374 g/mol. The molecule has 0 aliphatic rings. The van der Waals surface area contributed by atoms with E-state index in [2.05, 4.69) is 10.6 Å². The normalized spacial score (nSPS) is 12.2. The van der Waals surface area contributed by atoms with Crippen LogP contribution in [0.1, 0.15) is 18.5 Å². The van der Waals surface area contributed by atoms with E-state index in [0.29, 0.717) is 17.0 Å². The second-order valence-corrected chi connectivity index (χ2v) is 6.71. The van der Waals surface area contributed by atoms with E-state index in [0.717, 1.165) is 21.9 Å². The second kappa shape index (κ2) is 7.74. The number of carbonyl (C=O) groups is 1. The summed E-state index contributed by atoms with van der Waals surface area (Å²) in [4.78, 5) is 12.5. The van der Waals surface area contributed by atoms with Gasteiger partial charge in [0.1, 0.15) is 16.9 Å². The Morgan fingerprint density at radius 1 is 1.00 bits per heavy atom. The number of benzene rings is 3. The van der Waals surface area contributed by atoms with Gasteiger partial charge in [-0.15, -0.1) is 0 Å². The predicted octanol–water partition coefficient (Wildman–Crippen LogP) is 4.88. The van der Waals surface area contributed by atoms with E-state index in [4.69, 9.17) is 9.15 Å². The molecule has 0 radical (unpaired) electrons. The molecule has 0 aliphatic heterocycles. The molecule has 5 heteroatoms. The number of amides is 1. The van der Waals surface area contributed by atoms with Crippen LogP contribution in [0, 0.1) is 0 Å². The third-order valence-corrected chi connectivity index (χ3v) is 4.84. The molecule has 4 aromatic rings. The van der Waals surface area contributed by atoms with Crippen molar-refractivity contribution >= 4 is 33.5 Å². The molecule has 3 aromatic carbocycles. The maximum atomic E-state index is 12.5. The molecule has 142 valence electrons. The maximum Gasteiger partial charge on any atom is 0.238 e.